The van der Waals surface area contributed by atoms with Crippen molar-refractivity contribution in [2.75, 3.05) is 4.90 Å². The highest BCUT2D eigenvalue weighted by Crippen LogP contribution is 2.21. The Bertz CT molecular complexity index is 578. The first-order valence-electron chi connectivity index (χ1n) is 5.61. The fourth-order valence-corrected chi connectivity index (χ4v) is 1.74. The summed E-state index contributed by atoms with van der Waals surface area (Å²) in [6.07, 6.45) is 4.58. The summed E-state index contributed by atoms with van der Waals surface area (Å²) in [7, 11) is 0. The number of anilines is 2. The molecule has 0 bridgehead atoms. The summed E-state index contributed by atoms with van der Waals surface area (Å²) in [5.74, 6) is 0.821. The number of aromatic nitrogens is 3. The van der Waals surface area contributed by atoms with Crippen LogP contribution >= 0.6 is 0 Å². The van der Waals surface area contributed by atoms with Crippen molar-refractivity contribution in [3.63, 3.8) is 0 Å². The van der Waals surface area contributed by atoms with Crippen LogP contribution in [0.3, 0.4) is 0 Å². The van der Waals surface area contributed by atoms with Gasteiger partial charge in [0.15, 0.2) is 5.82 Å². The zero-order valence-electron chi connectivity index (χ0n) is 10.6. The van der Waals surface area contributed by atoms with Gasteiger partial charge in [-0.05, 0) is 31.5 Å². The molecular formula is C12H14N6O. The van der Waals surface area contributed by atoms with Gasteiger partial charge in [-0.25, -0.2) is 14.9 Å². The number of oxime groups is 1. The van der Waals surface area contributed by atoms with E-state index >= 15 is 0 Å². The summed E-state index contributed by atoms with van der Waals surface area (Å²) in [6.45, 7) is 3.82. The SMILES string of the molecule is Cc1cc(C)nc(N(C(N)=NO)c2cnccn2)c1. The lowest BCUT2D eigenvalue weighted by Crippen LogP contribution is -2.34. The minimum atomic E-state index is -0.127. The monoisotopic (exact) mass is 258 g/mol. The number of rotatable bonds is 2. The van der Waals surface area contributed by atoms with E-state index in [1.54, 1.807) is 6.20 Å². The smallest absolute Gasteiger partial charge is 0.244 e. The van der Waals surface area contributed by atoms with Gasteiger partial charge >= 0.3 is 0 Å². The Labute approximate surface area is 110 Å². The summed E-state index contributed by atoms with van der Waals surface area (Å²) >= 11 is 0. The lowest BCUT2D eigenvalue weighted by Gasteiger charge is -2.20. The maximum absolute atomic E-state index is 8.91. The topological polar surface area (TPSA) is 101 Å². The van der Waals surface area contributed by atoms with E-state index in [4.69, 9.17) is 10.9 Å². The van der Waals surface area contributed by atoms with Crippen LogP contribution in [0.4, 0.5) is 11.6 Å². The molecule has 0 saturated carbocycles. The first kappa shape index (κ1) is 12.7. The van der Waals surface area contributed by atoms with Gasteiger partial charge in [-0.2, -0.15) is 0 Å². The van der Waals surface area contributed by atoms with Gasteiger partial charge in [-0.1, -0.05) is 5.16 Å². The molecule has 2 aromatic heterocycles. The van der Waals surface area contributed by atoms with Gasteiger partial charge in [-0.3, -0.25) is 4.98 Å². The van der Waals surface area contributed by atoms with Gasteiger partial charge in [0.2, 0.25) is 5.96 Å². The van der Waals surface area contributed by atoms with Gasteiger partial charge in [0, 0.05) is 18.1 Å². The van der Waals surface area contributed by atoms with Crippen molar-refractivity contribution in [2.45, 2.75) is 13.8 Å². The Morgan fingerprint density at radius 1 is 1.26 bits per heavy atom. The highest BCUT2D eigenvalue weighted by atomic mass is 16.4. The molecular weight excluding hydrogens is 244 g/mol. The van der Waals surface area contributed by atoms with Gasteiger partial charge in [0.1, 0.15) is 5.82 Å². The summed E-state index contributed by atoms with van der Waals surface area (Å²) in [6, 6.07) is 3.75. The predicted molar refractivity (Wildman–Crippen MR) is 71.3 cm³/mol. The van der Waals surface area contributed by atoms with E-state index in [1.165, 1.54) is 17.3 Å². The van der Waals surface area contributed by atoms with Crippen molar-refractivity contribution >= 4 is 17.6 Å². The Hall–Kier alpha value is -2.70. The molecule has 0 fully saturated rings. The van der Waals surface area contributed by atoms with E-state index in [0.29, 0.717) is 11.6 Å². The van der Waals surface area contributed by atoms with Crippen LogP contribution in [0.1, 0.15) is 11.3 Å². The van der Waals surface area contributed by atoms with E-state index in [0.717, 1.165) is 11.3 Å². The largest absolute Gasteiger partial charge is 0.408 e. The summed E-state index contributed by atoms with van der Waals surface area (Å²) in [5, 5.41) is 11.9. The molecule has 0 amide bonds. The average molecular weight is 258 g/mol. The zero-order chi connectivity index (χ0) is 13.8. The molecule has 7 nitrogen and oxygen atoms in total. The van der Waals surface area contributed by atoms with Gasteiger partial charge in [0.05, 0.1) is 6.20 Å². The van der Waals surface area contributed by atoms with Crippen LogP contribution in [0.5, 0.6) is 0 Å². The number of hydrogen-bond acceptors (Lipinski definition) is 5. The third-order valence-electron chi connectivity index (χ3n) is 2.42. The fourth-order valence-electron chi connectivity index (χ4n) is 1.74. The number of aryl methyl sites for hydroxylation is 2. The van der Waals surface area contributed by atoms with Crippen molar-refractivity contribution < 1.29 is 5.21 Å². The maximum Gasteiger partial charge on any atom is 0.244 e. The minimum absolute atomic E-state index is 0.127. The van der Waals surface area contributed by atoms with Crippen molar-refractivity contribution in [1.82, 2.24) is 15.0 Å². The molecule has 0 saturated heterocycles. The minimum Gasteiger partial charge on any atom is -0.408 e. The molecule has 98 valence electrons. The first-order valence-corrected chi connectivity index (χ1v) is 5.61. The van der Waals surface area contributed by atoms with E-state index in [9.17, 15) is 0 Å². The number of guanidine groups is 1. The highest BCUT2D eigenvalue weighted by molar-refractivity contribution is 5.99. The highest BCUT2D eigenvalue weighted by Gasteiger charge is 2.17. The standard InChI is InChI=1S/C12H14N6O/c1-8-5-9(2)16-10(6-8)18(12(13)17-19)11-7-14-3-4-15-11/h3-7,19H,1-2H3,(H2,13,17). The van der Waals surface area contributed by atoms with E-state index in [-0.39, 0.29) is 5.96 Å². The summed E-state index contributed by atoms with van der Waals surface area (Å²) in [5.41, 5.74) is 7.54. The van der Waals surface area contributed by atoms with E-state index in [2.05, 4.69) is 20.1 Å². The molecule has 0 unspecified atom stereocenters. The molecule has 19 heavy (non-hydrogen) atoms. The normalized spacial score (nSPS) is 11.4. The summed E-state index contributed by atoms with van der Waals surface area (Å²) in [4.78, 5) is 13.9. The van der Waals surface area contributed by atoms with Crippen LogP contribution in [0.25, 0.3) is 0 Å². The van der Waals surface area contributed by atoms with Crippen LogP contribution in [0, 0.1) is 13.8 Å². The van der Waals surface area contributed by atoms with Gasteiger partial charge in [-0.15, -0.1) is 0 Å². The molecule has 2 aromatic rings. The van der Waals surface area contributed by atoms with E-state index in [1.807, 2.05) is 26.0 Å². The van der Waals surface area contributed by atoms with Gasteiger partial charge < -0.3 is 10.9 Å². The van der Waals surface area contributed by atoms with Crippen molar-refractivity contribution in [3.8, 4) is 0 Å². The second-order valence-electron chi connectivity index (χ2n) is 4.00. The fraction of sp³-hybridized carbons (Fsp3) is 0.167. The van der Waals surface area contributed by atoms with Crippen molar-refractivity contribution in [3.05, 3.63) is 42.0 Å². The first-order chi connectivity index (χ1) is 9.11. The molecule has 0 aliphatic heterocycles. The summed E-state index contributed by atoms with van der Waals surface area (Å²) < 4.78 is 0. The predicted octanol–water partition coefficient (Wildman–Crippen LogP) is 1.33. The molecule has 0 aliphatic rings. The van der Waals surface area contributed by atoms with Crippen LogP contribution in [0.15, 0.2) is 35.9 Å². The third-order valence-corrected chi connectivity index (χ3v) is 2.42. The lowest BCUT2D eigenvalue weighted by atomic mass is 10.2. The molecule has 0 aromatic carbocycles. The van der Waals surface area contributed by atoms with Crippen LogP contribution in [-0.4, -0.2) is 26.1 Å². The van der Waals surface area contributed by atoms with E-state index < -0.39 is 0 Å². The molecule has 0 spiro atoms. The Morgan fingerprint density at radius 2 is 2.05 bits per heavy atom. The molecule has 0 radical (unpaired) electrons. The van der Waals surface area contributed by atoms with Crippen molar-refractivity contribution in [1.29, 1.82) is 0 Å². The Morgan fingerprint density at radius 3 is 2.63 bits per heavy atom. The number of nitrogens with two attached hydrogens (primary N) is 1. The maximum atomic E-state index is 8.91. The Balaban J connectivity index is 2.56. The molecule has 7 heteroatoms. The third kappa shape index (κ3) is 2.76. The molecule has 0 atom stereocenters. The number of hydrogen-bond donors (Lipinski definition) is 2. The van der Waals surface area contributed by atoms with Crippen molar-refractivity contribution in [2.24, 2.45) is 10.9 Å². The van der Waals surface area contributed by atoms with Crippen LogP contribution < -0.4 is 10.6 Å². The van der Waals surface area contributed by atoms with Gasteiger partial charge in [0.25, 0.3) is 0 Å². The molecule has 2 rings (SSSR count). The molecule has 2 heterocycles. The number of pyridine rings is 1. The Kier molecular flexibility index (Phi) is 3.56. The number of nitrogens with zero attached hydrogens (tertiary/aromatic N) is 5. The lowest BCUT2D eigenvalue weighted by molar-refractivity contribution is 0.317. The second-order valence-corrected chi connectivity index (χ2v) is 4.00. The zero-order valence-corrected chi connectivity index (χ0v) is 10.6. The quantitative estimate of drug-likeness (QED) is 0.365. The van der Waals surface area contributed by atoms with Crippen LogP contribution in [0.2, 0.25) is 0 Å². The second kappa shape index (κ2) is 5.30. The molecule has 3 N–H and O–H groups in total. The molecule has 0 aliphatic carbocycles. The average Bonchev–Trinajstić information content (AvgIpc) is 2.39. The van der Waals surface area contributed by atoms with Crippen LogP contribution in [-0.2, 0) is 0 Å².